The lowest BCUT2D eigenvalue weighted by atomic mass is 10.3. The molecular formula is C21H26ClFN2O4. The van der Waals surface area contributed by atoms with Gasteiger partial charge in [-0.25, -0.2) is 4.39 Å². The van der Waals surface area contributed by atoms with E-state index in [0.717, 1.165) is 11.6 Å². The van der Waals surface area contributed by atoms with Crippen LogP contribution in [0.5, 0.6) is 0 Å². The molecule has 2 N–H and O–H groups in total. The van der Waals surface area contributed by atoms with Crippen molar-refractivity contribution in [2.45, 2.75) is 13.3 Å². The average Bonchev–Trinajstić information content (AvgIpc) is 2.69. The Hall–Kier alpha value is -3.06. The van der Waals surface area contributed by atoms with Gasteiger partial charge in [-0.05, 0) is 19.1 Å². The molecular weight excluding hydrogens is 399 g/mol. The van der Waals surface area contributed by atoms with E-state index in [0.29, 0.717) is 24.5 Å². The number of carbonyl (C=O) groups excluding carboxylic acids is 2. The van der Waals surface area contributed by atoms with Crippen molar-refractivity contribution in [3.8, 4) is 0 Å². The van der Waals surface area contributed by atoms with Gasteiger partial charge < -0.3 is 20.1 Å². The van der Waals surface area contributed by atoms with E-state index >= 15 is 0 Å². The molecule has 0 heterocycles. The van der Waals surface area contributed by atoms with Crippen molar-refractivity contribution in [1.29, 1.82) is 0 Å². The molecule has 0 aliphatic carbocycles. The van der Waals surface area contributed by atoms with Gasteiger partial charge in [-0.3, -0.25) is 9.59 Å². The van der Waals surface area contributed by atoms with Gasteiger partial charge in [-0.2, -0.15) is 0 Å². The maximum Gasteiger partial charge on any atom is 0.262 e. The molecule has 0 aliphatic rings. The van der Waals surface area contributed by atoms with Crippen LogP contribution < -0.4 is 10.6 Å². The van der Waals surface area contributed by atoms with E-state index in [1.165, 1.54) is 12.2 Å². The first-order valence-corrected chi connectivity index (χ1v) is 9.11. The average molecular weight is 425 g/mol. The van der Waals surface area contributed by atoms with Crippen LogP contribution in [0.2, 0.25) is 0 Å². The number of carbonyl (C=O) groups is 2. The number of ether oxygens (including phenoxy) is 2. The molecule has 0 aliphatic heterocycles. The molecule has 0 aromatic rings. The van der Waals surface area contributed by atoms with E-state index in [1.54, 1.807) is 18.2 Å². The van der Waals surface area contributed by atoms with E-state index in [2.05, 4.69) is 30.4 Å². The Morgan fingerprint density at radius 3 is 2.48 bits per heavy atom. The molecule has 0 unspecified atom stereocenters. The highest BCUT2D eigenvalue weighted by Crippen LogP contribution is 2.08. The van der Waals surface area contributed by atoms with Gasteiger partial charge >= 0.3 is 0 Å². The summed E-state index contributed by atoms with van der Waals surface area (Å²) in [6.45, 7) is 12.8. The highest BCUT2D eigenvalue weighted by Gasteiger charge is 2.06. The summed E-state index contributed by atoms with van der Waals surface area (Å²) in [6, 6.07) is 0. The monoisotopic (exact) mass is 424 g/mol. The standard InChI is InChI=1S/C21H26ClFN2O4/c1-5-8-9-19(28-7-3)13-20(26)24-11-10-16(4)25-21(27)15-29-18(6-2)12-17(23)14-22/h5-6,8-9,12-14H,1-2,4,7,10-11,15H2,3H3,(H,24,26)(H,25,27)/b9-8-,17-14-,18-12+,19-13-. The molecule has 0 rings (SSSR count). The van der Waals surface area contributed by atoms with Gasteiger partial charge in [0.1, 0.15) is 17.3 Å². The van der Waals surface area contributed by atoms with Gasteiger partial charge in [0.25, 0.3) is 5.91 Å². The van der Waals surface area contributed by atoms with Crippen LogP contribution in [-0.2, 0) is 19.1 Å². The molecule has 6 nitrogen and oxygen atoms in total. The Bertz CT molecular complexity index is 724. The third kappa shape index (κ3) is 13.7. The summed E-state index contributed by atoms with van der Waals surface area (Å²) < 4.78 is 23.5. The SMILES string of the molecule is C=C/C=C\C(=C\C(=O)NCCC(=C)NC(=O)CO/C(C=C)=C/C(F)=C/Cl)OCC. The second-order valence-corrected chi connectivity index (χ2v) is 5.52. The van der Waals surface area contributed by atoms with Gasteiger partial charge in [0.15, 0.2) is 6.61 Å². The zero-order valence-corrected chi connectivity index (χ0v) is 17.1. The number of hydrogen-bond donors (Lipinski definition) is 2. The minimum atomic E-state index is -0.733. The minimum Gasteiger partial charge on any atom is -0.494 e. The van der Waals surface area contributed by atoms with E-state index < -0.39 is 11.7 Å². The van der Waals surface area contributed by atoms with Crippen LogP contribution in [0.3, 0.4) is 0 Å². The first kappa shape index (κ1) is 25.9. The Morgan fingerprint density at radius 2 is 1.90 bits per heavy atom. The van der Waals surface area contributed by atoms with E-state index in [4.69, 9.17) is 21.1 Å². The fraction of sp³-hybridized carbons (Fsp3) is 0.238. The van der Waals surface area contributed by atoms with E-state index in [-0.39, 0.29) is 24.8 Å². The molecule has 0 atom stereocenters. The van der Waals surface area contributed by atoms with Crippen LogP contribution in [0.25, 0.3) is 0 Å². The fourth-order valence-corrected chi connectivity index (χ4v) is 1.82. The largest absolute Gasteiger partial charge is 0.494 e. The molecule has 29 heavy (non-hydrogen) atoms. The molecule has 8 heteroatoms. The summed E-state index contributed by atoms with van der Waals surface area (Å²) in [7, 11) is 0. The zero-order chi connectivity index (χ0) is 22.1. The Balaban J connectivity index is 4.38. The fourth-order valence-electron chi connectivity index (χ4n) is 1.76. The first-order chi connectivity index (χ1) is 13.9. The third-order valence-corrected chi connectivity index (χ3v) is 3.19. The number of hydrogen-bond acceptors (Lipinski definition) is 4. The summed E-state index contributed by atoms with van der Waals surface area (Å²) in [5.74, 6) is -1.11. The molecule has 158 valence electrons. The summed E-state index contributed by atoms with van der Waals surface area (Å²) in [4.78, 5) is 23.7. The third-order valence-electron chi connectivity index (χ3n) is 2.98. The number of amides is 2. The van der Waals surface area contributed by atoms with Crippen LogP contribution in [0.1, 0.15) is 13.3 Å². The van der Waals surface area contributed by atoms with Crippen LogP contribution in [0.4, 0.5) is 4.39 Å². The highest BCUT2D eigenvalue weighted by molar-refractivity contribution is 6.25. The Kier molecular flexibility index (Phi) is 14.3. The minimum absolute atomic E-state index is 0.0508. The van der Waals surface area contributed by atoms with Crippen molar-refractivity contribution in [3.63, 3.8) is 0 Å². The molecule has 2 amide bonds. The van der Waals surface area contributed by atoms with Gasteiger partial charge in [-0.1, -0.05) is 43.5 Å². The Morgan fingerprint density at radius 1 is 1.17 bits per heavy atom. The molecule has 0 aromatic carbocycles. The number of rotatable bonds is 14. The number of halogens is 2. The van der Waals surface area contributed by atoms with Gasteiger partial charge in [0, 0.05) is 36.3 Å². The second-order valence-electron chi connectivity index (χ2n) is 5.30. The topological polar surface area (TPSA) is 76.7 Å². The van der Waals surface area contributed by atoms with Gasteiger partial charge in [0.05, 0.1) is 6.61 Å². The van der Waals surface area contributed by atoms with Crippen LogP contribution >= 0.6 is 11.6 Å². The van der Waals surface area contributed by atoms with Crippen molar-refractivity contribution in [1.82, 2.24) is 10.6 Å². The van der Waals surface area contributed by atoms with Crippen molar-refractivity contribution in [2.75, 3.05) is 19.8 Å². The second kappa shape index (κ2) is 15.9. The van der Waals surface area contributed by atoms with Crippen molar-refractivity contribution >= 4 is 23.4 Å². The lowest BCUT2D eigenvalue weighted by Crippen LogP contribution is -2.29. The lowest BCUT2D eigenvalue weighted by molar-refractivity contribution is -0.123. The zero-order valence-electron chi connectivity index (χ0n) is 16.4. The van der Waals surface area contributed by atoms with Crippen LogP contribution in [0.15, 0.2) is 84.8 Å². The molecule has 0 radical (unpaired) electrons. The maximum atomic E-state index is 13.0. The first-order valence-electron chi connectivity index (χ1n) is 8.68. The van der Waals surface area contributed by atoms with Gasteiger partial charge in [-0.15, -0.1) is 0 Å². The van der Waals surface area contributed by atoms with E-state index in [1.807, 2.05) is 6.92 Å². The summed E-state index contributed by atoms with van der Waals surface area (Å²) >= 11 is 5.21. The summed E-state index contributed by atoms with van der Waals surface area (Å²) in [5, 5.41) is 5.18. The van der Waals surface area contributed by atoms with Crippen LogP contribution in [-0.4, -0.2) is 31.6 Å². The highest BCUT2D eigenvalue weighted by atomic mass is 35.5. The Labute approximate surface area is 175 Å². The summed E-state index contributed by atoms with van der Waals surface area (Å²) in [6.07, 6.45) is 8.71. The van der Waals surface area contributed by atoms with Crippen molar-refractivity contribution < 1.29 is 23.5 Å². The molecule has 0 saturated carbocycles. The number of nitrogens with one attached hydrogen (secondary N) is 2. The molecule has 0 spiro atoms. The van der Waals surface area contributed by atoms with E-state index in [9.17, 15) is 14.0 Å². The predicted molar refractivity (Wildman–Crippen MR) is 113 cm³/mol. The van der Waals surface area contributed by atoms with Crippen molar-refractivity contribution in [3.05, 3.63) is 84.8 Å². The summed E-state index contributed by atoms with van der Waals surface area (Å²) in [5.41, 5.74) is 1.11. The maximum absolute atomic E-state index is 13.0. The molecule has 0 aromatic heterocycles. The predicted octanol–water partition coefficient (Wildman–Crippen LogP) is 3.92. The smallest absolute Gasteiger partial charge is 0.262 e. The number of allylic oxidation sites excluding steroid dienone is 6. The molecule has 0 bridgehead atoms. The molecule has 0 saturated heterocycles. The normalized spacial score (nSPS) is 12.3. The van der Waals surface area contributed by atoms with Gasteiger partial charge in [0.2, 0.25) is 5.91 Å². The van der Waals surface area contributed by atoms with Crippen molar-refractivity contribution in [2.24, 2.45) is 0 Å². The quantitative estimate of drug-likeness (QED) is 0.252. The van der Waals surface area contributed by atoms with Crippen LogP contribution in [0, 0.1) is 0 Å². The molecule has 0 fully saturated rings. The lowest BCUT2D eigenvalue weighted by Gasteiger charge is -2.10.